The van der Waals surface area contributed by atoms with Crippen LogP contribution < -0.4 is 5.73 Å². The Morgan fingerprint density at radius 1 is 0.947 bits per heavy atom. The predicted molar refractivity (Wildman–Crippen MR) is 82.4 cm³/mol. The lowest BCUT2D eigenvalue weighted by molar-refractivity contribution is 0.732. The van der Waals surface area contributed by atoms with Gasteiger partial charge in [0.1, 0.15) is 0 Å². The quantitative estimate of drug-likeness (QED) is 0.849. The molecule has 0 aliphatic heterocycles. The van der Waals surface area contributed by atoms with Crippen molar-refractivity contribution in [3.63, 3.8) is 0 Å². The molecule has 2 aromatic carbocycles. The maximum absolute atomic E-state index is 6.34. The topological polar surface area (TPSA) is 26.0 Å². The zero-order chi connectivity index (χ0) is 13.8. The molecule has 0 heterocycles. The molecule has 19 heavy (non-hydrogen) atoms. The third-order valence-electron chi connectivity index (χ3n) is 3.88. The number of aryl methyl sites for hydroxylation is 1. The van der Waals surface area contributed by atoms with E-state index in [1.54, 1.807) is 0 Å². The minimum absolute atomic E-state index is 0.0362. The van der Waals surface area contributed by atoms with Gasteiger partial charge >= 0.3 is 0 Å². The van der Waals surface area contributed by atoms with Crippen molar-refractivity contribution in [2.75, 3.05) is 0 Å². The molecule has 2 rings (SSSR count). The van der Waals surface area contributed by atoms with E-state index < -0.39 is 0 Å². The number of nitrogens with two attached hydrogens (primary N) is 1. The van der Waals surface area contributed by atoms with Crippen LogP contribution in [-0.2, 0) is 0 Å². The van der Waals surface area contributed by atoms with Gasteiger partial charge in [-0.15, -0.1) is 0 Å². The third kappa shape index (κ3) is 3.24. The fourth-order valence-corrected chi connectivity index (χ4v) is 2.32. The van der Waals surface area contributed by atoms with E-state index in [-0.39, 0.29) is 6.04 Å². The van der Waals surface area contributed by atoms with Gasteiger partial charge in [0.2, 0.25) is 0 Å². The Hall–Kier alpha value is -1.60. The number of hydrogen-bond donors (Lipinski definition) is 1. The summed E-state index contributed by atoms with van der Waals surface area (Å²) in [6, 6.07) is 17.1. The standard InChI is InChI=1S/C18H23N/c1-4-14(3)15-8-10-16(11-9-15)18(19)17-7-5-6-13(2)12-17/h5-12,14,18H,4,19H2,1-3H3. The lowest BCUT2D eigenvalue weighted by Crippen LogP contribution is -2.12. The van der Waals surface area contributed by atoms with E-state index in [0.29, 0.717) is 5.92 Å². The Balaban J connectivity index is 2.22. The van der Waals surface area contributed by atoms with Crippen LogP contribution in [0.15, 0.2) is 48.5 Å². The van der Waals surface area contributed by atoms with Gasteiger partial charge in [0.25, 0.3) is 0 Å². The van der Waals surface area contributed by atoms with E-state index in [1.165, 1.54) is 28.7 Å². The molecule has 0 aromatic heterocycles. The average Bonchev–Trinajstić information content (AvgIpc) is 2.46. The van der Waals surface area contributed by atoms with Crippen LogP contribution in [0.5, 0.6) is 0 Å². The van der Waals surface area contributed by atoms with Crippen LogP contribution in [0.4, 0.5) is 0 Å². The smallest absolute Gasteiger partial charge is 0.0551 e. The fourth-order valence-electron chi connectivity index (χ4n) is 2.32. The van der Waals surface area contributed by atoms with Crippen molar-refractivity contribution in [2.24, 2.45) is 5.73 Å². The molecule has 0 amide bonds. The van der Waals surface area contributed by atoms with Crippen molar-refractivity contribution in [3.8, 4) is 0 Å². The molecule has 0 aliphatic rings. The molecule has 0 fully saturated rings. The zero-order valence-electron chi connectivity index (χ0n) is 12.1. The van der Waals surface area contributed by atoms with Gasteiger partial charge in [-0.1, -0.05) is 67.9 Å². The van der Waals surface area contributed by atoms with Crippen LogP contribution in [0.1, 0.15) is 54.5 Å². The van der Waals surface area contributed by atoms with Crippen LogP contribution in [0.3, 0.4) is 0 Å². The minimum Gasteiger partial charge on any atom is -0.320 e. The molecule has 2 N–H and O–H groups in total. The van der Waals surface area contributed by atoms with Crippen molar-refractivity contribution >= 4 is 0 Å². The monoisotopic (exact) mass is 253 g/mol. The lowest BCUT2D eigenvalue weighted by atomic mass is 9.93. The summed E-state index contributed by atoms with van der Waals surface area (Å²) in [5, 5.41) is 0. The Morgan fingerprint density at radius 3 is 2.16 bits per heavy atom. The Bertz CT molecular complexity index is 528. The second-order valence-corrected chi connectivity index (χ2v) is 5.37. The first kappa shape index (κ1) is 13.8. The van der Waals surface area contributed by atoms with Crippen molar-refractivity contribution in [1.29, 1.82) is 0 Å². The summed E-state index contributed by atoms with van der Waals surface area (Å²) in [4.78, 5) is 0. The van der Waals surface area contributed by atoms with Crippen LogP contribution in [0.25, 0.3) is 0 Å². The second kappa shape index (κ2) is 6.03. The Labute approximate surface area is 116 Å². The second-order valence-electron chi connectivity index (χ2n) is 5.37. The highest BCUT2D eigenvalue weighted by atomic mass is 14.6. The Morgan fingerprint density at radius 2 is 1.58 bits per heavy atom. The molecule has 0 radical (unpaired) electrons. The molecule has 1 nitrogen and oxygen atoms in total. The summed E-state index contributed by atoms with van der Waals surface area (Å²) >= 11 is 0. The molecule has 0 bridgehead atoms. The molecule has 0 aliphatic carbocycles. The molecular weight excluding hydrogens is 230 g/mol. The van der Waals surface area contributed by atoms with Gasteiger partial charge in [0, 0.05) is 0 Å². The normalized spacial score (nSPS) is 14.1. The van der Waals surface area contributed by atoms with Crippen LogP contribution in [0, 0.1) is 6.92 Å². The summed E-state index contributed by atoms with van der Waals surface area (Å²) in [6.07, 6.45) is 1.17. The van der Waals surface area contributed by atoms with Gasteiger partial charge in [-0.05, 0) is 36.0 Å². The summed E-state index contributed by atoms with van der Waals surface area (Å²) in [5.41, 5.74) is 11.3. The van der Waals surface area contributed by atoms with E-state index in [4.69, 9.17) is 5.73 Å². The van der Waals surface area contributed by atoms with Crippen LogP contribution in [-0.4, -0.2) is 0 Å². The highest BCUT2D eigenvalue weighted by molar-refractivity contribution is 5.35. The molecule has 2 unspecified atom stereocenters. The summed E-state index contributed by atoms with van der Waals surface area (Å²) in [7, 11) is 0. The van der Waals surface area contributed by atoms with Gasteiger partial charge < -0.3 is 5.73 Å². The first-order chi connectivity index (χ1) is 9.11. The maximum atomic E-state index is 6.34. The lowest BCUT2D eigenvalue weighted by Gasteiger charge is -2.15. The van der Waals surface area contributed by atoms with E-state index in [2.05, 4.69) is 69.3 Å². The van der Waals surface area contributed by atoms with E-state index in [9.17, 15) is 0 Å². The highest BCUT2D eigenvalue weighted by Gasteiger charge is 2.10. The van der Waals surface area contributed by atoms with Crippen LogP contribution in [0.2, 0.25) is 0 Å². The maximum Gasteiger partial charge on any atom is 0.0551 e. The first-order valence-electron chi connectivity index (χ1n) is 7.03. The molecule has 2 aromatic rings. The number of rotatable bonds is 4. The van der Waals surface area contributed by atoms with Crippen LogP contribution >= 0.6 is 0 Å². The SMILES string of the molecule is CCC(C)c1ccc(C(N)c2cccc(C)c2)cc1. The van der Waals surface area contributed by atoms with Gasteiger partial charge in [0.05, 0.1) is 6.04 Å². The molecule has 2 atom stereocenters. The largest absolute Gasteiger partial charge is 0.320 e. The summed E-state index contributed by atoms with van der Waals surface area (Å²) in [5.74, 6) is 0.615. The summed E-state index contributed by atoms with van der Waals surface area (Å²) < 4.78 is 0. The van der Waals surface area contributed by atoms with E-state index in [0.717, 1.165) is 0 Å². The van der Waals surface area contributed by atoms with Crippen molar-refractivity contribution in [3.05, 3.63) is 70.8 Å². The Kier molecular flexibility index (Phi) is 4.39. The molecular formula is C18H23N. The van der Waals surface area contributed by atoms with E-state index in [1.807, 2.05) is 0 Å². The molecule has 0 saturated heterocycles. The van der Waals surface area contributed by atoms with Gasteiger partial charge in [-0.2, -0.15) is 0 Å². The first-order valence-corrected chi connectivity index (χ1v) is 7.03. The number of hydrogen-bond acceptors (Lipinski definition) is 1. The molecule has 0 saturated carbocycles. The van der Waals surface area contributed by atoms with Gasteiger partial charge in [-0.3, -0.25) is 0 Å². The molecule has 0 spiro atoms. The van der Waals surface area contributed by atoms with Crippen molar-refractivity contribution < 1.29 is 0 Å². The minimum atomic E-state index is -0.0362. The average molecular weight is 253 g/mol. The fraction of sp³-hybridized carbons (Fsp3) is 0.333. The predicted octanol–water partition coefficient (Wildman–Crippen LogP) is 4.56. The van der Waals surface area contributed by atoms with Gasteiger partial charge in [-0.25, -0.2) is 0 Å². The molecule has 100 valence electrons. The van der Waals surface area contributed by atoms with E-state index >= 15 is 0 Å². The van der Waals surface area contributed by atoms with Gasteiger partial charge in [0.15, 0.2) is 0 Å². The zero-order valence-corrected chi connectivity index (χ0v) is 12.1. The van der Waals surface area contributed by atoms with Crippen molar-refractivity contribution in [2.45, 2.75) is 39.2 Å². The van der Waals surface area contributed by atoms with Crippen molar-refractivity contribution in [1.82, 2.24) is 0 Å². The summed E-state index contributed by atoms with van der Waals surface area (Å²) in [6.45, 7) is 6.58. The number of benzene rings is 2. The highest BCUT2D eigenvalue weighted by Crippen LogP contribution is 2.24. The molecule has 1 heteroatoms. The third-order valence-corrected chi connectivity index (χ3v) is 3.88.